The molecule has 0 spiro atoms. The number of benzene rings is 2. The number of phenolic OH excluding ortho intramolecular Hbond substituents is 3. The maximum Gasteiger partial charge on any atom is 0.339 e. The Morgan fingerprint density at radius 3 is 2.43 bits per heavy atom. The lowest BCUT2D eigenvalue weighted by Gasteiger charge is -2.04. The summed E-state index contributed by atoms with van der Waals surface area (Å²) in [5, 5.41) is 34.2. The second kappa shape index (κ2) is 6.29. The second-order valence-electron chi connectivity index (χ2n) is 4.06. The zero-order valence-corrected chi connectivity index (χ0v) is 10.8. The van der Waals surface area contributed by atoms with E-state index < -0.39 is 23.3 Å². The molecule has 0 bridgehead atoms. The van der Waals surface area contributed by atoms with Crippen LogP contribution in [0.15, 0.2) is 47.6 Å². The highest BCUT2D eigenvalue weighted by molar-refractivity contribution is 5.91. The Morgan fingerprint density at radius 1 is 1.00 bits per heavy atom. The number of phenols is 3. The van der Waals surface area contributed by atoms with Gasteiger partial charge in [-0.15, -0.1) is 0 Å². The number of urea groups is 1. The molecule has 0 aliphatic rings. The van der Waals surface area contributed by atoms with Crippen LogP contribution in [0.1, 0.15) is 5.56 Å². The average Bonchev–Trinajstić information content (AvgIpc) is 2.48. The van der Waals surface area contributed by atoms with Gasteiger partial charge in [0.15, 0.2) is 11.5 Å². The lowest BCUT2D eigenvalue weighted by Crippen LogP contribution is -2.24. The third-order valence-electron chi connectivity index (χ3n) is 2.56. The van der Waals surface area contributed by atoms with Gasteiger partial charge in [-0.05, 0) is 24.3 Å². The van der Waals surface area contributed by atoms with Crippen molar-refractivity contribution in [3.63, 3.8) is 0 Å². The van der Waals surface area contributed by atoms with Gasteiger partial charge in [0.05, 0.1) is 6.21 Å². The van der Waals surface area contributed by atoms with Gasteiger partial charge in [-0.2, -0.15) is 5.10 Å². The molecule has 0 aliphatic carbocycles. The summed E-state index contributed by atoms with van der Waals surface area (Å²) in [7, 11) is 0. The highest BCUT2D eigenvalue weighted by Crippen LogP contribution is 2.36. The van der Waals surface area contributed by atoms with Gasteiger partial charge >= 0.3 is 6.03 Å². The minimum Gasteiger partial charge on any atom is -0.504 e. The van der Waals surface area contributed by atoms with Crippen molar-refractivity contribution in [1.29, 1.82) is 0 Å². The Kier molecular flexibility index (Phi) is 4.25. The van der Waals surface area contributed by atoms with E-state index in [0.717, 1.165) is 6.21 Å². The zero-order chi connectivity index (χ0) is 15.2. The Bertz CT molecular complexity index is 671. The highest BCUT2D eigenvalue weighted by atomic mass is 16.3. The van der Waals surface area contributed by atoms with Gasteiger partial charge in [0, 0.05) is 11.3 Å². The van der Waals surface area contributed by atoms with Gasteiger partial charge in [0.2, 0.25) is 5.75 Å². The van der Waals surface area contributed by atoms with Crippen LogP contribution in [0.5, 0.6) is 17.2 Å². The number of hydrogen-bond donors (Lipinski definition) is 5. The number of anilines is 1. The molecule has 0 radical (unpaired) electrons. The van der Waals surface area contributed by atoms with Crippen molar-refractivity contribution in [3.05, 3.63) is 48.0 Å². The largest absolute Gasteiger partial charge is 0.504 e. The van der Waals surface area contributed by atoms with E-state index in [2.05, 4.69) is 15.8 Å². The summed E-state index contributed by atoms with van der Waals surface area (Å²) in [5.41, 5.74) is 2.96. The number of nitrogens with one attached hydrogen (secondary N) is 2. The molecule has 2 aromatic rings. The van der Waals surface area contributed by atoms with Gasteiger partial charge in [-0.1, -0.05) is 18.2 Å². The van der Waals surface area contributed by atoms with Crippen LogP contribution in [0.4, 0.5) is 10.5 Å². The summed E-state index contributed by atoms with van der Waals surface area (Å²) in [6.45, 7) is 0. The van der Waals surface area contributed by atoms with E-state index in [1.807, 2.05) is 6.07 Å². The number of rotatable bonds is 3. The fraction of sp³-hybridized carbons (Fsp3) is 0. The van der Waals surface area contributed by atoms with Gasteiger partial charge in [0.1, 0.15) is 0 Å². The van der Waals surface area contributed by atoms with E-state index in [-0.39, 0.29) is 5.56 Å². The molecule has 108 valence electrons. The lowest BCUT2D eigenvalue weighted by atomic mass is 10.2. The molecule has 0 aromatic heterocycles. The van der Waals surface area contributed by atoms with Crippen molar-refractivity contribution >= 4 is 17.9 Å². The molecule has 2 aromatic carbocycles. The van der Waals surface area contributed by atoms with Gasteiger partial charge < -0.3 is 20.6 Å². The van der Waals surface area contributed by atoms with Crippen LogP contribution in [0.3, 0.4) is 0 Å². The molecule has 0 saturated carbocycles. The summed E-state index contributed by atoms with van der Waals surface area (Å²) in [6, 6.07) is 10.8. The monoisotopic (exact) mass is 287 g/mol. The van der Waals surface area contributed by atoms with Crippen molar-refractivity contribution in [2.75, 3.05) is 5.32 Å². The van der Waals surface area contributed by atoms with Crippen LogP contribution >= 0.6 is 0 Å². The smallest absolute Gasteiger partial charge is 0.339 e. The van der Waals surface area contributed by atoms with Crippen molar-refractivity contribution in [1.82, 2.24) is 5.43 Å². The molecule has 2 amide bonds. The second-order valence-corrected chi connectivity index (χ2v) is 4.06. The zero-order valence-electron chi connectivity index (χ0n) is 10.8. The van der Waals surface area contributed by atoms with Crippen LogP contribution in [0, 0.1) is 0 Å². The Morgan fingerprint density at radius 2 is 1.71 bits per heavy atom. The van der Waals surface area contributed by atoms with Crippen LogP contribution in [-0.4, -0.2) is 27.6 Å². The van der Waals surface area contributed by atoms with E-state index in [4.69, 9.17) is 5.11 Å². The van der Waals surface area contributed by atoms with Gasteiger partial charge in [0.25, 0.3) is 0 Å². The number of carbonyl (C=O) groups is 1. The van der Waals surface area contributed by atoms with Crippen LogP contribution in [0.2, 0.25) is 0 Å². The first-order valence-electron chi connectivity index (χ1n) is 5.97. The molecule has 0 aliphatic heterocycles. The van der Waals surface area contributed by atoms with Crippen LogP contribution in [-0.2, 0) is 0 Å². The van der Waals surface area contributed by atoms with E-state index in [1.54, 1.807) is 24.3 Å². The normalized spacial score (nSPS) is 10.5. The third-order valence-corrected chi connectivity index (χ3v) is 2.56. The van der Waals surface area contributed by atoms with Crippen molar-refractivity contribution in [3.8, 4) is 17.2 Å². The van der Waals surface area contributed by atoms with Crippen molar-refractivity contribution in [2.24, 2.45) is 5.10 Å². The predicted octanol–water partition coefficient (Wildman–Crippen LogP) is 1.96. The minimum atomic E-state index is -0.646. The SMILES string of the molecule is O=C(N/N=C/c1ccc(O)c(O)c1O)Nc1ccccc1. The Labute approximate surface area is 120 Å². The first kappa shape index (κ1) is 14.2. The first-order chi connectivity index (χ1) is 10.1. The molecule has 0 atom stereocenters. The molecular weight excluding hydrogens is 274 g/mol. The maximum atomic E-state index is 11.5. The van der Waals surface area contributed by atoms with E-state index in [0.29, 0.717) is 5.69 Å². The molecule has 0 heterocycles. The predicted molar refractivity (Wildman–Crippen MR) is 77.6 cm³/mol. The summed E-state index contributed by atoms with van der Waals surface area (Å²) in [6.07, 6.45) is 1.14. The van der Waals surface area contributed by atoms with E-state index >= 15 is 0 Å². The number of hydrazone groups is 1. The molecule has 5 N–H and O–H groups in total. The van der Waals surface area contributed by atoms with Gasteiger partial charge in [-0.3, -0.25) is 0 Å². The number of carbonyl (C=O) groups excluding carboxylic acids is 1. The van der Waals surface area contributed by atoms with Crippen molar-refractivity contribution < 1.29 is 20.1 Å². The Hall–Kier alpha value is -3.22. The van der Waals surface area contributed by atoms with Crippen LogP contribution < -0.4 is 10.7 Å². The molecule has 21 heavy (non-hydrogen) atoms. The standard InChI is InChI=1S/C14H13N3O4/c18-11-7-6-9(12(19)13(11)20)8-15-17-14(21)16-10-4-2-1-3-5-10/h1-8,18-20H,(H2,16,17,21)/b15-8+. The fourth-order valence-electron chi connectivity index (χ4n) is 1.53. The quantitative estimate of drug-likeness (QED) is 0.337. The average molecular weight is 287 g/mol. The number of aromatic hydroxyl groups is 3. The topological polar surface area (TPSA) is 114 Å². The summed E-state index contributed by atoms with van der Waals surface area (Å²) in [5.74, 6) is -1.61. The first-order valence-corrected chi connectivity index (χ1v) is 5.97. The number of para-hydroxylation sites is 1. The molecule has 7 nitrogen and oxygen atoms in total. The van der Waals surface area contributed by atoms with E-state index in [1.165, 1.54) is 12.1 Å². The summed E-state index contributed by atoms with van der Waals surface area (Å²) in [4.78, 5) is 11.5. The van der Waals surface area contributed by atoms with Crippen LogP contribution in [0.25, 0.3) is 0 Å². The van der Waals surface area contributed by atoms with E-state index in [9.17, 15) is 15.0 Å². The van der Waals surface area contributed by atoms with Crippen molar-refractivity contribution in [2.45, 2.75) is 0 Å². The summed E-state index contributed by atoms with van der Waals surface area (Å²) >= 11 is 0. The molecule has 0 fully saturated rings. The number of amides is 2. The van der Waals surface area contributed by atoms with Gasteiger partial charge in [-0.25, -0.2) is 10.2 Å². The summed E-state index contributed by atoms with van der Waals surface area (Å²) < 4.78 is 0. The number of nitrogens with zero attached hydrogens (tertiary/aromatic N) is 1. The molecule has 7 heteroatoms. The fourth-order valence-corrected chi connectivity index (χ4v) is 1.53. The third kappa shape index (κ3) is 3.63. The molecule has 0 unspecified atom stereocenters. The minimum absolute atomic E-state index is 0.144. The highest BCUT2D eigenvalue weighted by Gasteiger charge is 2.09. The molecule has 0 saturated heterocycles. The molecular formula is C14H13N3O4. The number of hydrogen-bond acceptors (Lipinski definition) is 5. The molecule has 2 rings (SSSR count). The maximum absolute atomic E-state index is 11.5. The Balaban J connectivity index is 1.97. The lowest BCUT2D eigenvalue weighted by molar-refractivity contribution is 0.252.